The predicted octanol–water partition coefficient (Wildman–Crippen LogP) is 1.92. The predicted molar refractivity (Wildman–Crippen MR) is 73.5 cm³/mol. The molecule has 0 saturated carbocycles. The first-order valence-electron chi connectivity index (χ1n) is 6.35. The summed E-state index contributed by atoms with van der Waals surface area (Å²) in [6.07, 6.45) is 1.09. The Hall–Kier alpha value is -1.10. The van der Waals surface area contributed by atoms with E-state index in [0.29, 0.717) is 36.6 Å². The van der Waals surface area contributed by atoms with Gasteiger partial charge in [-0.1, -0.05) is 17.7 Å². The maximum Gasteiger partial charge on any atom is 0.251 e. The Labute approximate surface area is 117 Å². The highest BCUT2D eigenvalue weighted by Crippen LogP contribution is 2.21. The average Bonchev–Trinajstić information content (AvgIpc) is 2.40. The summed E-state index contributed by atoms with van der Waals surface area (Å²) >= 11 is 5.99. The fourth-order valence-electron chi connectivity index (χ4n) is 2.12. The Morgan fingerprint density at radius 1 is 1.47 bits per heavy atom. The molecule has 1 aromatic carbocycles. The van der Waals surface area contributed by atoms with Gasteiger partial charge in [0.15, 0.2) is 0 Å². The summed E-state index contributed by atoms with van der Waals surface area (Å²) in [5.41, 5.74) is 0.434. The molecular weight excluding hydrogens is 266 g/mol. The van der Waals surface area contributed by atoms with Gasteiger partial charge in [-0.25, -0.2) is 0 Å². The van der Waals surface area contributed by atoms with Crippen LogP contribution in [-0.2, 0) is 4.74 Å². The van der Waals surface area contributed by atoms with Crippen LogP contribution in [0, 0.1) is 6.92 Å². The third-order valence-corrected chi connectivity index (χ3v) is 3.92. The van der Waals surface area contributed by atoms with Crippen molar-refractivity contribution in [3.63, 3.8) is 0 Å². The van der Waals surface area contributed by atoms with Crippen LogP contribution in [0.3, 0.4) is 0 Å². The van der Waals surface area contributed by atoms with Crippen molar-refractivity contribution < 1.29 is 14.6 Å². The number of ether oxygens (including phenoxy) is 1. The number of hydrogen-bond donors (Lipinski definition) is 2. The molecule has 0 atom stereocenters. The minimum atomic E-state index is -0.861. The van der Waals surface area contributed by atoms with Gasteiger partial charge >= 0.3 is 0 Å². The quantitative estimate of drug-likeness (QED) is 0.891. The lowest BCUT2D eigenvalue weighted by molar-refractivity contribution is -0.0605. The maximum absolute atomic E-state index is 12.1. The summed E-state index contributed by atoms with van der Waals surface area (Å²) in [6.45, 7) is 3.10. The van der Waals surface area contributed by atoms with Gasteiger partial charge in [-0.15, -0.1) is 0 Å². The lowest BCUT2D eigenvalue weighted by Crippen LogP contribution is -2.46. The van der Waals surface area contributed by atoms with Crippen molar-refractivity contribution in [2.24, 2.45) is 0 Å². The molecule has 1 aliphatic heterocycles. The van der Waals surface area contributed by atoms with E-state index in [9.17, 15) is 9.90 Å². The van der Waals surface area contributed by atoms with Crippen LogP contribution < -0.4 is 5.32 Å². The first-order chi connectivity index (χ1) is 9.02. The first kappa shape index (κ1) is 14.3. The van der Waals surface area contributed by atoms with Gasteiger partial charge in [0, 0.05) is 43.2 Å². The molecule has 0 aliphatic carbocycles. The summed E-state index contributed by atoms with van der Waals surface area (Å²) < 4.78 is 5.20. The van der Waals surface area contributed by atoms with Crippen LogP contribution in [0.5, 0.6) is 0 Å². The van der Waals surface area contributed by atoms with Gasteiger partial charge in [0.1, 0.15) is 0 Å². The van der Waals surface area contributed by atoms with Gasteiger partial charge in [-0.2, -0.15) is 0 Å². The number of rotatable bonds is 3. The second kappa shape index (κ2) is 5.90. The van der Waals surface area contributed by atoms with Gasteiger partial charge < -0.3 is 15.2 Å². The molecule has 1 amide bonds. The highest BCUT2D eigenvalue weighted by atomic mass is 35.5. The average molecular weight is 284 g/mol. The normalized spacial score (nSPS) is 18.1. The molecule has 0 spiro atoms. The third-order valence-electron chi connectivity index (χ3n) is 3.51. The van der Waals surface area contributed by atoms with Gasteiger partial charge in [-0.3, -0.25) is 4.79 Å². The van der Waals surface area contributed by atoms with Crippen LogP contribution in [0.1, 0.15) is 28.8 Å². The summed E-state index contributed by atoms with van der Waals surface area (Å²) in [4.78, 5) is 12.1. The van der Waals surface area contributed by atoms with Crippen LogP contribution in [-0.4, -0.2) is 36.4 Å². The monoisotopic (exact) mass is 283 g/mol. The van der Waals surface area contributed by atoms with Gasteiger partial charge in [0.25, 0.3) is 5.91 Å². The van der Waals surface area contributed by atoms with Crippen molar-refractivity contribution >= 4 is 17.5 Å². The van der Waals surface area contributed by atoms with Gasteiger partial charge in [-0.05, 0) is 24.6 Å². The number of amides is 1. The van der Waals surface area contributed by atoms with Gasteiger partial charge in [0.2, 0.25) is 0 Å². The minimum absolute atomic E-state index is 0.208. The number of carbonyl (C=O) groups is 1. The molecule has 1 aromatic rings. The van der Waals surface area contributed by atoms with Crippen LogP contribution >= 0.6 is 11.6 Å². The molecule has 19 heavy (non-hydrogen) atoms. The molecule has 2 N–H and O–H groups in total. The number of aliphatic hydroxyl groups is 1. The van der Waals surface area contributed by atoms with Gasteiger partial charge in [0.05, 0.1) is 5.60 Å². The van der Waals surface area contributed by atoms with E-state index in [4.69, 9.17) is 16.3 Å². The Bertz CT molecular complexity index is 470. The van der Waals surface area contributed by atoms with E-state index >= 15 is 0 Å². The topological polar surface area (TPSA) is 58.6 Å². The molecule has 2 rings (SSSR count). The van der Waals surface area contributed by atoms with E-state index in [-0.39, 0.29) is 12.5 Å². The summed E-state index contributed by atoms with van der Waals surface area (Å²) in [6, 6.07) is 5.22. The fraction of sp³-hybridized carbons (Fsp3) is 0.500. The number of carbonyl (C=O) groups excluding carboxylic acids is 1. The molecule has 1 heterocycles. The highest BCUT2D eigenvalue weighted by Gasteiger charge is 2.30. The SMILES string of the molecule is Cc1c(Cl)cccc1C(=O)NCC1(O)CCOCC1. The molecule has 0 radical (unpaired) electrons. The van der Waals surface area contributed by atoms with E-state index in [1.54, 1.807) is 25.1 Å². The van der Waals surface area contributed by atoms with Crippen molar-refractivity contribution in [3.05, 3.63) is 34.3 Å². The second-order valence-electron chi connectivity index (χ2n) is 4.93. The second-order valence-corrected chi connectivity index (χ2v) is 5.34. The standard InChI is InChI=1S/C14H18ClNO3/c1-10-11(3-2-4-12(10)15)13(17)16-9-14(18)5-7-19-8-6-14/h2-4,18H,5-9H2,1H3,(H,16,17). The van der Waals surface area contributed by atoms with E-state index in [0.717, 1.165) is 5.56 Å². The van der Waals surface area contributed by atoms with Crippen molar-refractivity contribution in [2.75, 3.05) is 19.8 Å². The van der Waals surface area contributed by atoms with E-state index in [1.807, 2.05) is 0 Å². The lowest BCUT2D eigenvalue weighted by Gasteiger charge is -2.32. The Kier molecular flexibility index (Phi) is 4.45. The van der Waals surface area contributed by atoms with Crippen LogP contribution in [0.2, 0.25) is 5.02 Å². The molecule has 104 valence electrons. The highest BCUT2D eigenvalue weighted by molar-refractivity contribution is 6.31. The number of halogens is 1. The summed E-state index contributed by atoms with van der Waals surface area (Å²) in [5, 5.41) is 13.6. The van der Waals surface area contributed by atoms with Crippen molar-refractivity contribution in [3.8, 4) is 0 Å². The molecule has 4 nitrogen and oxygen atoms in total. The molecule has 1 aliphatic rings. The molecule has 1 fully saturated rings. The number of hydrogen-bond acceptors (Lipinski definition) is 3. The van der Waals surface area contributed by atoms with E-state index in [2.05, 4.69) is 5.32 Å². The Morgan fingerprint density at radius 3 is 2.84 bits per heavy atom. The zero-order chi connectivity index (χ0) is 13.9. The molecular formula is C14H18ClNO3. The first-order valence-corrected chi connectivity index (χ1v) is 6.73. The molecule has 5 heteroatoms. The molecule has 1 saturated heterocycles. The smallest absolute Gasteiger partial charge is 0.251 e. The van der Waals surface area contributed by atoms with E-state index < -0.39 is 5.60 Å². The lowest BCUT2D eigenvalue weighted by atomic mass is 9.94. The molecule has 0 unspecified atom stereocenters. The Balaban J connectivity index is 1.99. The fourth-order valence-corrected chi connectivity index (χ4v) is 2.30. The largest absolute Gasteiger partial charge is 0.388 e. The van der Waals surface area contributed by atoms with Crippen LogP contribution in [0.15, 0.2) is 18.2 Å². The van der Waals surface area contributed by atoms with Crippen molar-refractivity contribution in [1.29, 1.82) is 0 Å². The van der Waals surface area contributed by atoms with Crippen molar-refractivity contribution in [1.82, 2.24) is 5.32 Å². The Morgan fingerprint density at radius 2 is 2.16 bits per heavy atom. The zero-order valence-electron chi connectivity index (χ0n) is 10.9. The summed E-state index contributed by atoms with van der Waals surface area (Å²) in [5.74, 6) is -0.208. The number of nitrogens with one attached hydrogen (secondary N) is 1. The summed E-state index contributed by atoms with van der Waals surface area (Å²) in [7, 11) is 0. The number of benzene rings is 1. The van der Waals surface area contributed by atoms with Crippen molar-refractivity contribution in [2.45, 2.75) is 25.4 Å². The van der Waals surface area contributed by atoms with E-state index in [1.165, 1.54) is 0 Å². The third kappa shape index (κ3) is 3.47. The van der Waals surface area contributed by atoms with Crippen LogP contribution in [0.4, 0.5) is 0 Å². The minimum Gasteiger partial charge on any atom is -0.388 e. The molecule has 0 aromatic heterocycles. The maximum atomic E-state index is 12.1. The van der Waals surface area contributed by atoms with Crippen LogP contribution in [0.25, 0.3) is 0 Å². The zero-order valence-corrected chi connectivity index (χ0v) is 11.7. The molecule has 0 bridgehead atoms.